The van der Waals surface area contributed by atoms with Gasteiger partial charge in [0.15, 0.2) is 5.82 Å². The highest BCUT2D eigenvalue weighted by Crippen LogP contribution is 2.33. The van der Waals surface area contributed by atoms with Crippen molar-refractivity contribution in [3.63, 3.8) is 0 Å². The topological polar surface area (TPSA) is 61.0 Å². The second-order valence-corrected chi connectivity index (χ2v) is 5.00. The number of benzene rings is 2. The van der Waals surface area contributed by atoms with Gasteiger partial charge in [-0.05, 0) is 31.4 Å². The van der Waals surface area contributed by atoms with Crippen LogP contribution in [0.5, 0.6) is 5.75 Å². The van der Waals surface area contributed by atoms with Gasteiger partial charge in [0.05, 0.1) is 7.11 Å². The maximum absolute atomic E-state index is 5.98. The summed E-state index contributed by atoms with van der Waals surface area (Å²) in [4.78, 5) is 9.01. The van der Waals surface area contributed by atoms with Crippen LogP contribution in [-0.2, 0) is 0 Å². The number of nitrogen functional groups attached to an aromatic ring is 1. The Labute approximate surface area is 123 Å². The lowest BCUT2D eigenvalue weighted by molar-refractivity contribution is 0.420. The van der Waals surface area contributed by atoms with Crippen LogP contribution in [0.2, 0.25) is 0 Å². The third-order valence-electron chi connectivity index (χ3n) is 3.77. The highest BCUT2D eigenvalue weighted by molar-refractivity contribution is 5.98. The van der Waals surface area contributed by atoms with E-state index in [1.807, 2.05) is 50.2 Å². The number of ether oxygens (including phenoxy) is 1. The fourth-order valence-electron chi connectivity index (χ4n) is 2.42. The zero-order valence-electron chi connectivity index (χ0n) is 12.3. The molecule has 4 heteroatoms. The van der Waals surface area contributed by atoms with Crippen LogP contribution in [0.25, 0.3) is 22.2 Å². The Balaban J connectivity index is 2.31. The molecule has 0 aliphatic rings. The van der Waals surface area contributed by atoms with E-state index in [-0.39, 0.29) is 0 Å². The zero-order valence-corrected chi connectivity index (χ0v) is 12.3. The summed E-state index contributed by atoms with van der Waals surface area (Å²) < 4.78 is 5.42. The third kappa shape index (κ3) is 2.18. The monoisotopic (exact) mass is 279 g/mol. The molecule has 106 valence electrons. The van der Waals surface area contributed by atoms with Crippen molar-refractivity contribution in [1.82, 2.24) is 9.97 Å². The predicted octanol–water partition coefficient (Wildman–Crippen LogP) is 3.50. The Bertz CT molecular complexity index is 804. The molecule has 0 radical (unpaired) electrons. The standard InChI is InChI=1S/C17H17N3O/c1-10-11(2)19-17(20-16(10)18)14-8-9-15(21-3)13-7-5-4-6-12(13)14/h4-9H,1-3H3,(H2,18,19,20). The highest BCUT2D eigenvalue weighted by Gasteiger charge is 2.12. The molecular formula is C17H17N3O. The molecule has 0 unspecified atom stereocenters. The van der Waals surface area contributed by atoms with Crippen LogP contribution in [0.4, 0.5) is 5.82 Å². The first-order chi connectivity index (χ1) is 10.1. The summed E-state index contributed by atoms with van der Waals surface area (Å²) in [5.74, 6) is 2.01. The Morgan fingerprint density at radius 3 is 2.33 bits per heavy atom. The second kappa shape index (κ2) is 5.05. The second-order valence-electron chi connectivity index (χ2n) is 5.00. The van der Waals surface area contributed by atoms with Crippen LogP contribution in [0, 0.1) is 13.8 Å². The predicted molar refractivity (Wildman–Crippen MR) is 85.4 cm³/mol. The van der Waals surface area contributed by atoms with Gasteiger partial charge < -0.3 is 10.5 Å². The number of methoxy groups -OCH3 is 1. The maximum Gasteiger partial charge on any atom is 0.162 e. The number of nitrogens with two attached hydrogens (primary N) is 1. The van der Waals surface area contributed by atoms with E-state index in [2.05, 4.69) is 9.97 Å². The lowest BCUT2D eigenvalue weighted by atomic mass is 10.0. The molecule has 0 bridgehead atoms. The van der Waals surface area contributed by atoms with Gasteiger partial charge in [0.2, 0.25) is 0 Å². The first kappa shape index (κ1) is 13.4. The molecule has 0 aliphatic carbocycles. The molecule has 0 atom stereocenters. The van der Waals surface area contributed by atoms with Crippen LogP contribution in [-0.4, -0.2) is 17.1 Å². The van der Waals surface area contributed by atoms with Crippen molar-refractivity contribution in [2.45, 2.75) is 13.8 Å². The molecule has 2 aromatic carbocycles. The van der Waals surface area contributed by atoms with Crippen molar-refractivity contribution in [1.29, 1.82) is 0 Å². The lowest BCUT2D eigenvalue weighted by Gasteiger charge is -2.11. The summed E-state index contributed by atoms with van der Waals surface area (Å²) in [6.45, 7) is 3.88. The molecule has 0 saturated carbocycles. The minimum Gasteiger partial charge on any atom is -0.496 e. The molecule has 0 fully saturated rings. The molecule has 4 nitrogen and oxygen atoms in total. The number of aromatic nitrogens is 2. The summed E-state index contributed by atoms with van der Waals surface area (Å²) in [5.41, 5.74) is 8.77. The zero-order chi connectivity index (χ0) is 15.0. The summed E-state index contributed by atoms with van der Waals surface area (Å²) >= 11 is 0. The number of nitrogens with zero attached hydrogens (tertiary/aromatic N) is 2. The summed E-state index contributed by atoms with van der Waals surface area (Å²) in [5, 5.41) is 2.09. The first-order valence-corrected chi connectivity index (χ1v) is 6.78. The molecule has 21 heavy (non-hydrogen) atoms. The summed E-state index contributed by atoms with van der Waals surface area (Å²) in [6.07, 6.45) is 0. The van der Waals surface area contributed by atoms with E-state index in [1.165, 1.54) is 0 Å². The van der Waals surface area contributed by atoms with Crippen molar-refractivity contribution >= 4 is 16.6 Å². The van der Waals surface area contributed by atoms with Gasteiger partial charge in [-0.2, -0.15) is 0 Å². The van der Waals surface area contributed by atoms with Crippen molar-refractivity contribution in [2.75, 3.05) is 12.8 Å². The fourth-order valence-corrected chi connectivity index (χ4v) is 2.42. The number of anilines is 1. The van der Waals surface area contributed by atoms with E-state index in [0.29, 0.717) is 11.6 Å². The van der Waals surface area contributed by atoms with Gasteiger partial charge in [0.1, 0.15) is 11.6 Å². The van der Waals surface area contributed by atoms with Crippen LogP contribution >= 0.6 is 0 Å². The average molecular weight is 279 g/mol. The Morgan fingerprint density at radius 2 is 1.67 bits per heavy atom. The summed E-state index contributed by atoms with van der Waals surface area (Å²) in [6, 6.07) is 12.0. The molecule has 3 aromatic rings. The number of hydrogen-bond donors (Lipinski definition) is 1. The number of fused-ring (bicyclic) bond motifs is 1. The fraction of sp³-hybridized carbons (Fsp3) is 0.176. The van der Waals surface area contributed by atoms with E-state index in [4.69, 9.17) is 10.5 Å². The smallest absolute Gasteiger partial charge is 0.162 e. The van der Waals surface area contributed by atoms with Gasteiger partial charge >= 0.3 is 0 Å². The van der Waals surface area contributed by atoms with Gasteiger partial charge in [0.25, 0.3) is 0 Å². The summed E-state index contributed by atoms with van der Waals surface area (Å²) in [7, 11) is 1.67. The number of rotatable bonds is 2. The number of hydrogen-bond acceptors (Lipinski definition) is 4. The van der Waals surface area contributed by atoms with Gasteiger partial charge in [-0.1, -0.05) is 24.3 Å². The van der Waals surface area contributed by atoms with Crippen molar-refractivity contribution in [3.05, 3.63) is 47.7 Å². The van der Waals surface area contributed by atoms with E-state index in [0.717, 1.165) is 33.3 Å². The van der Waals surface area contributed by atoms with Crippen LogP contribution in [0.3, 0.4) is 0 Å². The van der Waals surface area contributed by atoms with Gasteiger partial charge in [-0.3, -0.25) is 0 Å². The van der Waals surface area contributed by atoms with Crippen molar-refractivity contribution < 1.29 is 4.74 Å². The molecule has 3 rings (SSSR count). The van der Waals surface area contributed by atoms with Crippen molar-refractivity contribution in [3.8, 4) is 17.1 Å². The largest absolute Gasteiger partial charge is 0.496 e. The molecule has 2 N–H and O–H groups in total. The Kier molecular flexibility index (Phi) is 3.22. The average Bonchev–Trinajstić information content (AvgIpc) is 2.51. The quantitative estimate of drug-likeness (QED) is 0.780. The van der Waals surface area contributed by atoms with Crippen LogP contribution in [0.15, 0.2) is 36.4 Å². The van der Waals surface area contributed by atoms with E-state index in [1.54, 1.807) is 7.11 Å². The Hall–Kier alpha value is -2.62. The van der Waals surface area contributed by atoms with Gasteiger partial charge in [0, 0.05) is 22.2 Å². The van der Waals surface area contributed by atoms with E-state index >= 15 is 0 Å². The molecule has 1 heterocycles. The van der Waals surface area contributed by atoms with Crippen LogP contribution in [0.1, 0.15) is 11.3 Å². The van der Waals surface area contributed by atoms with E-state index in [9.17, 15) is 0 Å². The first-order valence-electron chi connectivity index (χ1n) is 6.78. The van der Waals surface area contributed by atoms with Crippen LogP contribution < -0.4 is 10.5 Å². The molecule has 0 amide bonds. The molecule has 0 saturated heterocycles. The highest BCUT2D eigenvalue weighted by atomic mass is 16.5. The molecule has 0 aliphatic heterocycles. The number of aryl methyl sites for hydroxylation is 1. The molecule has 1 aromatic heterocycles. The maximum atomic E-state index is 5.98. The van der Waals surface area contributed by atoms with E-state index < -0.39 is 0 Å². The minimum atomic E-state index is 0.525. The third-order valence-corrected chi connectivity index (χ3v) is 3.77. The molecular weight excluding hydrogens is 262 g/mol. The minimum absolute atomic E-state index is 0.525. The van der Waals surface area contributed by atoms with Gasteiger partial charge in [-0.25, -0.2) is 9.97 Å². The lowest BCUT2D eigenvalue weighted by Crippen LogP contribution is -2.02. The van der Waals surface area contributed by atoms with Gasteiger partial charge in [-0.15, -0.1) is 0 Å². The SMILES string of the molecule is COc1ccc(-c2nc(C)c(C)c(N)n2)c2ccccc12. The molecule has 0 spiro atoms. The van der Waals surface area contributed by atoms with Crippen molar-refractivity contribution in [2.24, 2.45) is 0 Å². The normalized spacial score (nSPS) is 10.8. The Morgan fingerprint density at radius 1 is 0.952 bits per heavy atom.